The van der Waals surface area contributed by atoms with Crippen molar-refractivity contribution in [2.45, 2.75) is 32.1 Å². The SMILES string of the molecule is NC(=O)C1([CH]NS(=O)(=O)CCO)CCCCC1. The van der Waals surface area contributed by atoms with E-state index < -0.39 is 28.0 Å². The number of carbonyl (C=O) groups is 1. The van der Waals surface area contributed by atoms with Gasteiger partial charge in [-0.05, 0) is 12.8 Å². The zero-order valence-electron chi connectivity index (χ0n) is 9.68. The van der Waals surface area contributed by atoms with Gasteiger partial charge < -0.3 is 10.8 Å². The van der Waals surface area contributed by atoms with Crippen LogP contribution in [0.1, 0.15) is 32.1 Å². The molecule has 0 unspecified atom stereocenters. The Morgan fingerprint density at radius 2 is 1.94 bits per heavy atom. The molecule has 0 spiro atoms. The first-order valence-electron chi connectivity index (χ1n) is 5.67. The minimum Gasteiger partial charge on any atom is -0.395 e. The first-order valence-corrected chi connectivity index (χ1v) is 7.32. The topological polar surface area (TPSA) is 109 Å². The van der Waals surface area contributed by atoms with Crippen molar-refractivity contribution in [1.82, 2.24) is 4.72 Å². The maximum Gasteiger partial charge on any atom is 0.225 e. The lowest BCUT2D eigenvalue weighted by molar-refractivity contribution is -0.127. The van der Waals surface area contributed by atoms with Crippen LogP contribution in [0.5, 0.6) is 0 Å². The van der Waals surface area contributed by atoms with Crippen molar-refractivity contribution in [3.05, 3.63) is 6.54 Å². The maximum atomic E-state index is 11.5. The molecule has 99 valence electrons. The number of nitrogens with two attached hydrogens (primary N) is 1. The standard InChI is InChI=1S/C10H19N2O4S/c11-9(14)10(4-2-1-3-5-10)8-12-17(15,16)7-6-13/h8,12-13H,1-7H2,(H2,11,14). The van der Waals surface area contributed by atoms with E-state index in [4.69, 9.17) is 10.8 Å². The Morgan fingerprint density at radius 1 is 1.35 bits per heavy atom. The van der Waals surface area contributed by atoms with E-state index in [0.29, 0.717) is 12.8 Å². The summed E-state index contributed by atoms with van der Waals surface area (Å²) in [6.45, 7) is 0.840. The van der Waals surface area contributed by atoms with E-state index >= 15 is 0 Å². The third-order valence-corrected chi connectivity index (χ3v) is 4.31. The fourth-order valence-electron chi connectivity index (χ4n) is 2.03. The Labute approximate surface area is 102 Å². The smallest absolute Gasteiger partial charge is 0.225 e. The highest BCUT2D eigenvalue weighted by Crippen LogP contribution is 2.37. The lowest BCUT2D eigenvalue weighted by atomic mass is 9.73. The maximum absolute atomic E-state index is 11.5. The van der Waals surface area contributed by atoms with Gasteiger partial charge in [-0.2, -0.15) is 0 Å². The summed E-state index contributed by atoms with van der Waals surface area (Å²) >= 11 is 0. The first-order chi connectivity index (χ1) is 7.92. The number of carbonyl (C=O) groups excluding carboxylic acids is 1. The van der Waals surface area contributed by atoms with E-state index in [0.717, 1.165) is 19.3 Å². The monoisotopic (exact) mass is 263 g/mol. The molecular formula is C10H19N2O4S. The van der Waals surface area contributed by atoms with Gasteiger partial charge >= 0.3 is 0 Å². The summed E-state index contributed by atoms with van der Waals surface area (Å²) < 4.78 is 25.0. The van der Waals surface area contributed by atoms with Gasteiger partial charge in [0.2, 0.25) is 15.9 Å². The Balaban J connectivity index is 2.65. The fourth-order valence-corrected chi connectivity index (χ4v) is 2.79. The van der Waals surface area contributed by atoms with Crippen LogP contribution < -0.4 is 10.5 Å². The Hall–Kier alpha value is -0.660. The van der Waals surface area contributed by atoms with Crippen molar-refractivity contribution in [3.8, 4) is 0 Å². The average molecular weight is 263 g/mol. The first kappa shape index (κ1) is 14.4. The van der Waals surface area contributed by atoms with Crippen LogP contribution in [0.15, 0.2) is 0 Å². The van der Waals surface area contributed by atoms with Crippen molar-refractivity contribution in [3.63, 3.8) is 0 Å². The van der Waals surface area contributed by atoms with Crippen molar-refractivity contribution in [1.29, 1.82) is 0 Å². The number of aliphatic hydroxyl groups excluding tert-OH is 1. The molecule has 1 aliphatic carbocycles. The van der Waals surface area contributed by atoms with Gasteiger partial charge in [0, 0.05) is 0 Å². The number of hydrogen-bond donors (Lipinski definition) is 3. The van der Waals surface area contributed by atoms with Crippen LogP contribution in [-0.2, 0) is 14.8 Å². The molecule has 1 aliphatic rings. The third-order valence-electron chi connectivity index (χ3n) is 3.11. The van der Waals surface area contributed by atoms with Gasteiger partial charge in [0.05, 0.1) is 24.3 Å². The second-order valence-electron chi connectivity index (χ2n) is 4.39. The molecule has 0 heterocycles. The average Bonchev–Trinajstić information content (AvgIpc) is 2.28. The van der Waals surface area contributed by atoms with Gasteiger partial charge in [-0.3, -0.25) is 4.79 Å². The van der Waals surface area contributed by atoms with Crippen LogP contribution in [0, 0.1) is 12.0 Å². The van der Waals surface area contributed by atoms with Gasteiger partial charge in [0.25, 0.3) is 0 Å². The number of primary amides is 1. The van der Waals surface area contributed by atoms with Crippen LogP contribution in [0.25, 0.3) is 0 Å². The minimum absolute atomic E-state index is 0.377. The highest BCUT2D eigenvalue weighted by molar-refractivity contribution is 7.89. The number of aliphatic hydroxyl groups is 1. The largest absolute Gasteiger partial charge is 0.395 e. The molecule has 0 aromatic rings. The molecule has 17 heavy (non-hydrogen) atoms. The van der Waals surface area contributed by atoms with E-state index in [2.05, 4.69) is 4.72 Å². The number of amides is 1. The number of hydrogen-bond acceptors (Lipinski definition) is 4. The Morgan fingerprint density at radius 3 is 2.41 bits per heavy atom. The van der Waals surface area contributed by atoms with Gasteiger partial charge in [-0.1, -0.05) is 19.3 Å². The zero-order chi connectivity index (χ0) is 12.9. The van der Waals surface area contributed by atoms with Crippen LogP contribution in [0.4, 0.5) is 0 Å². The molecule has 1 amide bonds. The van der Waals surface area contributed by atoms with E-state index in [1.54, 1.807) is 0 Å². The van der Waals surface area contributed by atoms with Crippen molar-refractivity contribution in [2.75, 3.05) is 12.4 Å². The second kappa shape index (κ2) is 5.79. The lowest BCUT2D eigenvalue weighted by Crippen LogP contribution is -2.44. The normalized spacial score (nSPS) is 20.1. The molecule has 0 aromatic carbocycles. The Kier molecular flexibility index (Phi) is 4.91. The number of rotatable bonds is 6. The molecule has 4 N–H and O–H groups in total. The number of nitrogens with one attached hydrogen (secondary N) is 1. The molecule has 0 aliphatic heterocycles. The summed E-state index contributed by atoms with van der Waals surface area (Å²) in [5.41, 5.74) is 4.48. The second-order valence-corrected chi connectivity index (χ2v) is 6.26. The molecule has 1 rings (SSSR count). The van der Waals surface area contributed by atoms with E-state index in [1.807, 2.05) is 0 Å². The highest BCUT2D eigenvalue weighted by atomic mass is 32.2. The summed E-state index contributed by atoms with van der Waals surface area (Å²) in [5.74, 6) is -0.873. The van der Waals surface area contributed by atoms with Crippen molar-refractivity contribution in [2.24, 2.45) is 11.1 Å². The Bertz CT molecular complexity index is 361. The molecule has 0 aromatic heterocycles. The highest BCUT2D eigenvalue weighted by Gasteiger charge is 2.38. The van der Waals surface area contributed by atoms with Crippen LogP contribution >= 0.6 is 0 Å². The number of sulfonamides is 1. The van der Waals surface area contributed by atoms with E-state index in [1.165, 1.54) is 6.54 Å². The van der Waals surface area contributed by atoms with Crippen LogP contribution in [0.2, 0.25) is 0 Å². The molecule has 0 bridgehead atoms. The molecule has 1 fully saturated rings. The summed E-state index contributed by atoms with van der Waals surface area (Å²) in [5, 5.41) is 8.59. The van der Waals surface area contributed by atoms with Gasteiger partial charge in [-0.25, -0.2) is 13.1 Å². The fraction of sp³-hybridized carbons (Fsp3) is 0.800. The lowest BCUT2D eigenvalue weighted by Gasteiger charge is -2.33. The van der Waals surface area contributed by atoms with Crippen LogP contribution in [-0.4, -0.2) is 31.8 Å². The predicted octanol–water partition coefficient (Wildman–Crippen LogP) is -0.504. The predicted molar refractivity (Wildman–Crippen MR) is 63.0 cm³/mol. The summed E-state index contributed by atoms with van der Waals surface area (Å²) in [4.78, 5) is 11.5. The molecule has 7 heteroatoms. The quantitative estimate of drug-likeness (QED) is 0.600. The molecule has 0 atom stereocenters. The van der Waals surface area contributed by atoms with Crippen LogP contribution in [0.3, 0.4) is 0 Å². The zero-order valence-corrected chi connectivity index (χ0v) is 10.5. The third kappa shape index (κ3) is 3.93. The van der Waals surface area contributed by atoms with E-state index in [-0.39, 0.29) is 5.75 Å². The summed E-state index contributed by atoms with van der Waals surface area (Å²) in [6.07, 6.45) is 3.91. The van der Waals surface area contributed by atoms with Crippen molar-refractivity contribution >= 4 is 15.9 Å². The van der Waals surface area contributed by atoms with E-state index in [9.17, 15) is 13.2 Å². The molecule has 1 saturated carbocycles. The minimum atomic E-state index is -3.57. The molecule has 1 radical (unpaired) electrons. The summed E-state index contributed by atoms with van der Waals surface area (Å²) in [7, 11) is -3.57. The summed E-state index contributed by atoms with van der Waals surface area (Å²) in [6, 6.07) is 0. The van der Waals surface area contributed by atoms with Gasteiger partial charge in [-0.15, -0.1) is 0 Å². The molecule has 6 nitrogen and oxygen atoms in total. The van der Waals surface area contributed by atoms with Gasteiger partial charge in [0.1, 0.15) is 0 Å². The van der Waals surface area contributed by atoms with Gasteiger partial charge in [0.15, 0.2) is 0 Å². The van der Waals surface area contributed by atoms with Crippen molar-refractivity contribution < 1.29 is 18.3 Å². The molecule has 0 saturated heterocycles. The molecular weight excluding hydrogens is 244 g/mol.